The molecule has 0 saturated carbocycles. The summed E-state index contributed by atoms with van der Waals surface area (Å²) in [5.74, 6) is 0.653. The number of ether oxygens (including phenoxy) is 1. The summed E-state index contributed by atoms with van der Waals surface area (Å²) in [5.41, 5.74) is 2.48. The molecule has 0 aliphatic carbocycles. The lowest BCUT2D eigenvalue weighted by molar-refractivity contribution is 0.0607. The van der Waals surface area contributed by atoms with Crippen LogP contribution in [0.3, 0.4) is 0 Å². The van der Waals surface area contributed by atoms with Gasteiger partial charge in [-0.25, -0.2) is 0 Å². The van der Waals surface area contributed by atoms with E-state index in [-0.39, 0.29) is 11.8 Å². The van der Waals surface area contributed by atoms with Gasteiger partial charge >= 0.3 is 0 Å². The molecule has 0 unspecified atom stereocenters. The van der Waals surface area contributed by atoms with Crippen molar-refractivity contribution < 1.29 is 14.3 Å². The number of anilines is 1. The van der Waals surface area contributed by atoms with E-state index >= 15 is 0 Å². The fourth-order valence-corrected chi connectivity index (χ4v) is 5.45. The summed E-state index contributed by atoms with van der Waals surface area (Å²) in [6, 6.07) is 19.7. The summed E-state index contributed by atoms with van der Waals surface area (Å²) < 4.78 is 5.81. The van der Waals surface area contributed by atoms with Crippen LogP contribution in [0.4, 0.5) is 5.69 Å². The van der Waals surface area contributed by atoms with Crippen LogP contribution in [0.2, 0.25) is 0 Å². The normalized spacial score (nSPS) is 16.1. The molecule has 2 aliphatic heterocycles. The van der Waals surface area contributed by atoms with Gasteiger partial charge in [-0.15, -0.1) is 0 Å². The highest BCUT2D eigenvalue weighted by Crippen LogP contribution is 2.31. The van der Waals surface area contributed by atoms with Gasteiger partial charge in [0.2, 0.25) is 0 Å². The number of unbranched alkanes of at least 4 members (excludes halogenated alkanes) is 3. The predicted octanol–water partition coefficient (Wildman–Crippen LogP) is 5.22. The molecule has 2 aliphatic rings. The fraction of sp³-hybridized carbons (Fsp3) is 0.400. The SMILES string of the molecule is CCOc1ccccc1N1CCN(CCCCCCN2C(=O)c3cccc4cccc(c34)C2=O)CC1. The Morgan fingerprint density at radius 3 is 2.03 bits per heavy atom. The van der Waals surface area contributed by atoms with Gasteiger partial charge in [0.05, 0.1) is 12.3 Å². The number of hydrogen-bond donors (Lipinski definition) is 0. The fourth-order valence-electron chi connectivity index (χ4n) is 5.45. The number of para-hydroxylation sites is 2. The Morgan fingerprint density at radius 2 is 1.36 bits per heavy atom. The van der Waals surface area contributed by atoms with Crippen LogP contribution in [0.15, 0.2) is 60.7 Å². The van der Waals surface area contributed by atoms with E-state index in [0.29, 0.717) is 24.3 Å². The topological polar surface area (TPSA) is 53.1 Å². The molecule has 188 valence electrons. The maximum absolute atomic E-state index is 13.0. The van der Waals surface area contributed by atoms with Crippen LogP contribution in [0, 0.1) is 0 Å². The molecule has 6 heteroatoms. The first-order valence-corrected chi connectivity index (χ1v) is 13.2. The van der Waals surface area contributed by atoms with E-state index in [9.17, 15) is 9.59 Å². The van der Waals surface area contributed by atoms with Gasteiger partial charge in [0.15, 0.2) is 0 Å². The highest BCUT2D eigenvalue weighted by atomic mass is 16.5. The number of carbonyl (C=O) groups excluding carboxylic acids is 2. The van der Waals surface area contributed by atoms with Crippen molar-refractivity contribution in [3.8, 4) is 5.75 Å². The minimum atomic E-state index is -0.159. The smallest absolute Gasteiger partial charge is 0.261 e. The Hall–Kier alpha value is -3.38. The molecule has 3 aromatic carbocycles. The maximum atomic E-state index is 13.0. The van der Waals surface area contributed by atoms with Crippen LogP contribution < -0.4 is 9.64 Å². The van der Waals surface area contributed by atoms with Gasteiger partial charge in [0, 0.05) is 49.2 Å². The van der Waals surface area contributed by atoms with E-state index in [1.165, 1.54) is 10.6 Å². The van der Waals surface area contributed by atoms with E-state index in [1.807, 2.05) is 49.4 Å². The molecule has 1 fully saturated rings. The largest absolute Gasteiger partial charge is 0.492 e. The third-order valence-corrected chi connectivity index (χ3v) is 7.34. The lowest BCUT2D eigenvalue weighted by Gasteiger charge is -2.36. The molecule has 0 atom stereocenters. The third-order valence-electron chi connectivity index (χ3n) is 7.34. The van der Waals surface area contributed by atoms with Crippen LogP contribution in [-0.4, -0.2) is 67.5 Å². The van der Waals surface area contributed by atoms with Gasteiger partial charge in [-0.3, -0.25) is 19.4 Å². The van der Waals surface area contributed by atoms with Crippen LogP contribution in [0.5, 0.6) is 5.75 Å². The molecular formula is C30H35N3O3. The number of amides is 2. The van der Waals surface area contributed by atoms with Crippen molar-refractivity contribution in [3.63, 3.8) is 0 Å². The van der Waals surface area contributed by atoms with Crippen molar-refractivity contribution in [1.82, 2.24) is 9.80 Å². The van der Waals surface area contributed by atoms with Gasteiger partial charge in [-0.05, 0) is 56.0 Å². The molecule has 0 spiro atoms. The Labute approximate surface area is 213 Å². The molecule has 3 aromatic rings. The molecule has 2 amide bonds. The monoisotopic (exact) mass is 485 g/mol. The Morgan fingerprint density at radius 1 is 0.722 bits per heavy atom. The predicted molar refractivity (Wildman–Crippen MR) is 144 cm³/mol. The van der Waals surface area contributed by atoms with Crippen LogP contribution in [-0.2, 0) is 0 Å². The molecule has 0 aromatic heterocycles. The Balaban J connectivity index is 1.04. The summed E-state index contributed by atoms with van der Waals surface area (Å²) in [6.07, 6.45) is 4.11. The first kappa shape index (κ1) is 24.3. The molecular weight excluding hydrogens is 450 g/mol. The van der Waals surface area contributed by atoms with Crippen molar-refractivity contribution in [3.05, 3.63) is 71.8 Å². The number of hydrogen-bond acceptors (Lipinski definition) is 5. The summed E-state index contributed by atoms with van der Waals surface area (Å²) in [4.78, 5) is 32.4. The van der Waals surface area contributed by atoms with Crippen molar-refractivity contribution in [2.75, 3.05) is 50.8 Å². The maximum Gasteiger partial charge on any atom is 0.261 e. The molecule has 0 radical (unpaired) electrons. The highest BCUT2D eigenvalue weighted by molar-refractivity contribution is 6.25. The Kier molecular flexibility index (Phi) is 7.52. The van der Waals surface area contributed by atoms with Crippen LogP contribution in [0.25, 0.3) is 10.8 Å². The van der Waals surface area contributed by atoms with Crippen LogP contribution >= 0.6 is 0 Å². The van der Waals surface area contributed by atoms with Gasteiger partial charge in [-0.2, -0.15) is 0 Å². The molecule has 36 heavy (non-hydrogen) atoms. The van der Waals surface area contributed by atoms with E-state index < -0.39 is 0 Å². The van der Waals surface area contributed by atoms with Gasteiger partial charge < -0.3 is 9.64 Å². The molecule has 5 rings (SSSR count). The summed E-state index contributed by atoms with van der Waals surface area (Å²) in [5, 5.41) is 1.75. The number of rotatable bonds is 10. The average Bonchev–Trinajstić information content (AvgIpc) is 2.91. The zero-order valence-corrected chi connectivity index (χ0v) is 21.1. The minimum absolute atomic E-state index is 0.159. The van der Waals surface area contributed by atoms with E-state index in [2.05, 4.69) is 28.0 Å². The molecule has 0 N–H and O–H groups in total. The van der Waals surface area contributed by atoms with Crippen molar-refractivity contribution in [2.24, 2.45) is 0 Å². The number of imide groups is 1. The number of benzene rings is 3. The average molecular weight is 486 g/mol. The number of nitrogens with zero attached hydrogens (tertiary/aromatic N) is 3. The summed E-state index contributed by atoms with van der Waals surface area (Å²) in [6.45, 7) is 8.42. The minimum Gasteiger partial charge on any atom is -0.492 e. The summed E-state index contributed by atoms with van der Waals surface area (Å²) in [7, 11) is 0. The van der Waals surface area contributed by atoms with Crippen LogP contribution in [0.1, 0.15) is 53.3 Å². The van der Waals surface area contributed by atoms with E-state index in [0.717, 1.165) is 74.9 Å². The summed E-state index contributed by atoms with van der Waals surface area (Å²) >= 11 is 0. The number of piperazine rings is 1. The standard InChI is InChI=1S/C30H35N3O3/c1-2-36-27-16-6-5-15-26(27)32-21-19-31(20-22-32)17-7-3-4-8-18-33-29(34)24-13-9-11-23-12-10-14-25(28(23)24)30(33)35/h5-6,9-16H,2-4,7-8,17-22H2,1H3. The highest BCUT2D eigenvalue weighted by Gasteiger charge is 2.32. The van der Waals surface area contributed by atoms with Gasteiger partial charge in [0.25, 0.3) is 11.8 Å². The molecule has 1 saturated heterocycles. The Bertz CT molecular complexity index is 1180. The molecule has 2 heterocycles. The first-order chi connectivity index (χ1) is 17.7. The lowest BCUT2D eigenvalue weighted by Crippen LogP contribution is -2.46. The lowest BCUT2D eigenvalue weighted by atomic mass is 9.94. The van der Waals surface area contributed by atoms with Crippen molar-refractivity contribution in [2.45, 2.75) is 32.6 Å². The second-order valence-electron chi connectivity index (χ2n) is 9.61. The van der Waals surface area contributed by atoms with Gasteiger partial charge in [-0.1, -0.05) is 49.2 Å². The quantitative estimate of drug-likeness (QED) is 0.291. The van der Waals surface area contributed by atoms with E-state index in [1.54, 1.807) is 0 Å². The first-order valence-electron chi connectivity index (χ1n) is 13.2. The molecule has 6 nitrogen and oxygen atoms in total. The van der Waals surface area contributed by atoms with Crippen molar-refractivity contribution >= 4 is 28.3 Å². The third kappa shape index (κ3) is 4.96. The molecule has 0 bridgehead atoms. The van der Waals surface area contributed by atoms with Crippen molar-refractivity contribution in [1.29, 1.82) is 0 Å². The van der Waals surface area contributed by atoms with E-state index in [4.69, 9.17) is 4.74 Å². The zero-order valence-electron chi connectivity index (χ0n) is 21.1. The van der Waals surface area contributed by atoms with Gasteiger partial charge in [0.1, 0.15) is 5.75 Å². The number of carbonyl (C=O) groups is 2. The second kappa shape index (κ2) is 11.1. The second-order valence-corrected chi connectivity index (χ2v) is 9.61. The zero-order chi connectivity index (χ0) is 24.9.